The number of nitrogens with zero attached hydrogens (tertiary/aromatic N) is 3. The van der Waals surface area contributed by atoms with Crippen molar-refractivity contribution in [1.82, 2.24) is 20.3 Å². The predicted octanol–water partition coefficient (Wildman–Crippen LogP) is 3.97. The maximum absolute atomic E-state index is 12.5. The van der Waals surface area contributed by atoms with Crippen molar-refractivity contribution in [2.75, 3.05) is 0 Å². The molecule has 1 aromatic carbocycles. The summed E-state index contributed by atoms with van der Waals surface area (Å²) in [6, 6.07) is 11.3. The van der Waals surface area contributed by atoms with Crippen LogP contribution in [0.1, 0.15) is 61.2 Å². The minimum absolute atomic E-state index is 0.226. The van der Waals surface area contributed by atoms with Crippen LogP contribution >= 0.6 is 0 Å². The molecule has 0 saturated carbocycles. The first kappa shape index (κ1) is 19.8. The molecule has 1 N–H and O–H groups in total. The molecule has 0 saturated heterocycles. The quantitative estimate of drug-likeness (QED) is 0.697. The summed E-state index contributed by atoms with van der Waals surface area (Å²) in [7, 11) is 0. The van der Waals surface area contributed by atoms with Gasteiger partial charge in [0.05, 0.1) is 23.5 Å². The highest BCUT2D eigenvalue weighted by Gasteiger charge is 2.20. The SMILES string of the molecule is Cc1c(C(C)NC(=O)c2cc(COC(C)(C)C)on2)cnn1-c1ccccc1. The Kier molecular flexibility index (Phi) is 5.65. The van der Waals surface area contributed by atoms with E-state index in [1.54, 1.807) is 12.3 Å². The summed E-state index contributed by atoms with van der Waals surface area (Å²) < 4.78 is 12.7. The molecule has 0 aliphatic heterocycles. The molecule has 0 bridgehead atoms. The van der Waals surface area contributed by atoms with Crippen LogP contribution in [0, 0.1) is 6.92 Å². The molecule has 0 aliphatic rings. The van der Waals surface area contributed by atoms with Crippen molar-refractivity contribution in [2.24, 2.45) is 0 Å². The summed E-state index contributed by atoms with van der Waals surface area (Å²) in [5.74, 6) is 0.214. The molecular weight excluding hydrogens is 356 g/mol. The lowest BCUT2D eigenvalue weighted by Gasteiger charge is -2.17. The van der Waals surface area contributed by atoms with Gasteiger partial charge in [0.15, 0.2) is 11.5 Å². The molecule has 0 spiro atoms. The van der Waals surface area contributed by atoms with Gasteiger partial charge in [-0.3, -0.25) is 4.79 Å². The Hall–Kier alpha value is -2.93. The Morgan fingerprint density at radius 1 is 1.29 bits per heavy atom. The number of hydrogen-bond acceptors (Lipinski definition) is 5. The number of aromatic nitrogens is 3. The number of benzene rings is 1. The van der Waals surface area contributed by atoms with Crippen molar-refractivity contribution >= 4 is 5.91 Å². The highest BCUT2D eigenvalue weighted by Crippen LogP contribution is 2.20. The second kappa shape index (κ2) is 7.98. The summed E-state index contributed by atoms with van der Waals surface area (Å²) in [5, 5.41) is 11.3. The van der Waals surface area contributed by atoms with Gasteiger partial charge < -0.3 is 14.6 Å². The van der Waals surface area contributed by atoms with Gasteiger partial charge in [0.25, 0.3) is 5.91 Å². The maximum Gasteiger partial charge on any atom is 0.273 e. The zero-order valence-electron chi connectivity index (χ0n) is 16.9. The topological polar surface area (TPSA) is 82.2 Å². The van der Waals surface area contributed by atoms with Gasteiger partial charge in [0, 0.05) is 17.3 Å². The number of para-hydroxylation sites is 1. The van der Waals surface area contributed by atoms with Gasteiger partial charge in [0.1, 0.15) is 6.61 Å². The normalized spacial score (nSPS) is 12.8. The molecule has 1 amide bonds. The van der Waals surface area contributed by atoms with E-state index in [0.29, 0.717) is 5.76 Å². The molecule has 3 rings (SSSR count). The standard InChI is InChI=1S/C21H26N4O3/c1-14(18-12-22-25(15(18)2)16-9-7-6-8-10-16)23-20(26)19-11-17(28-24-19)13-27-21(3,4)5/h6-12,14H,13H2,1-5H3,(H,23,26). The molecule has 148 valence electrons. The van der Waals surface area contributed by atoms with Crippen LogP contribution in [0.3, 0.4) is 0 Å². The van der Waals surface area contributed by atoms with Crippen LogP contribution in [0.5, 0.6) is 0 Å². The summed E-state index contributed by atoms with van der Waals surface area (Å²) in [6.07, 6.45) is 1.78. The van der Waals surface area contributed by atoms with Gasteiger partial charge >= 0.3 is 0 Å². The zero-order valence-corrected chi connectivity index (χ0v) is 16.9. The largest absolute Gasteiger partial charge is 0.368 e. The summed E-state index contributed by atoms with van der Waals surface area (Å²) >= 11 is 0. The fourth-order valence-corrected chi connectivity index (χ4v) is 2.80. The molecule has 3 aromatic rings. The summed E-state index contributed by atoms with van der Waals surface area (Å²) in [4.78, 5) is 12.5. The first-order valence-corrected chi connectivity index (χ1v) is 9.25. The fourth-order valence-electron chi connectivity index (χ4n) is 2.80. The van der Waals surface area contributed by atoms with E-state index in [4.69, 9.17) is 9.26 Å². The smallest absolute Gasteiger partial charge is 0.273 e. The van der Waals surface area contributed by atoms with E-state index in [-0.39, 0.29) is 29.9 Å². The lowest BCUT2D eigenvalue weighted by atomic mass is 10.1. The van der Waals surface area contributed by atoms with Crippen LogP contribution in [0.25, 0.3) is 5.69 Å². The van der Waals surface area contributed by atoms with E-state index in [0.717, 1.165) is 16.9 Å². The second-order valence-corrected chi connectivity index (χ2v) is 7.71. The van der Waals surface area contributed by atoms with Crippen molar-refractivity contribution in [3.63, 3.8) is 0 Å². The van der Waals surface area contributed by atoms with Crippen LogP contribution in [0.15, 0.2) is 47.1 Å². The van der Waals surface area contributed by atoms with E-state index < -0.39 is 0 Å². The van der Waals surface area contributed by atoms with Gasteiger partial charge in [-0.25, -0.2) is 4.68 Å². The minimum atomic E-state index is -0.301. The number of carbonyl (C=O) groups excluding carboxylic acids is 1. The van der Waals surface area contributed by atoms with Gasteiger partial charge in [-0.05, 0) is 46.8 Å². The number of hydrogen-bond donors (Lipinski definition) is 1. The predicted molar refractivity (Wildman–Crippen MR) is 105 cm³/mol. The third kappa shape index (κ3) is 4.67. The molecule has 7 heteroatoms. The number of nitrogens with one attached hydrogen (secondary N) is 1. The molecule has 1 atom stereocenters. The second-order valence-electron chi connectivity index (χ2n) is 7.71. The number of carbonyl (C=O) groups is 1. The molecule has 1 unspecified atom stereocenters. The Morgan fingerprint density at radius 2 is 2.00 bits per heavy atom. The average molecular weight is 382 g/mol. The Labute approximate surface area is 164 Å². The lowest BCUT2D eigenvalue weighted by Crippen LogP contribution is -2.27. The highest BCUT2D eigenvalue weighted by molar-refractivity contribution is 5.92. The monoisotopic (exact) mass is 382 g/mol. The van der Waals surface area contributed by atoms with Crippen LogP contribution < -0.4 is 5.32 Å². The van der Waals surface area contributed by atoms with E-state index in [9.17, 15) is 4.79 Å². The van der Waals surface area contributed by atoms with Crippen molar-refractivity contribution in [3.05, 3.63) is 65.3 Å². The van der Waals surface area contributed by atoms with Crippen LogP contribution in [-0.4, -0.2) is 26.4 Å². The van der Waals surface area contributed by atoms with Crippen molar-refractivity contribution in [2.45, 2.75) is 52.9 Å². The van der Waals surface area contributed by atoms with Crippen LogP contribution in [0.4, 0.5) is 0 Å². The lowest BCUT2D eigenvalue weighted by molar-refractivity contribution is -0.0241. The molecule has 0 radical (unpaired) electrons. The third-order valence-corrected chi connectivity index (χ3v) is 4.30. The average Bonchev–Trinajstić information content (AvgIpc) is 3.27. The minimum Gasteiger partial charge on any atom is -0.368 e. The van der Waals surface area contributed by atoms with Crippen molar-refractivity contribution in [3.8, 4) is 5.69 Å². The van der Waals surface area contributed by atoms with Gasteiger partial charge in [0.2, 0.25) is 0 Å². The van der Waals surface area contributed by atoms with Gasteiger partial charge in [-0.15, -0.1) is 0 Å². The van der Waals surface area contributed by atoms with E-state index in [1.807, 2.05) is 69.6 Å². The number of amides is 1. The first-order valence-electron chi connectivity index (χ1n) is 9.25. The fraction of sp³-hybridized carbons (Fsp3) is 0.381. The first-order chi connectivity index (χ1) is 13.2. The summed E-state index contributed by atoms with van der Waals surface area (Å²) in [6.45, 7) is 10.0. The molecule has 2 heterocycles. The van der Waals surface area contributed by atoms with E-state index in [1.165, 1.54) is 0 Å². The van der Waals surface area contributed by atoms with Crippen LogP contribution in [-0.2, 0) is 11.3 Å². The number of rotatable bonds is 6. The molecular formula is C21H26N4O3. The van der Waals surface area contributed by atoms with Gasteiger partial charge in [-0.1, -0.05) is 23.4 Å². The molecule has 7 nitrogen and oxygen atoms in total. The summed E-state index contributed by atoms with van der Waals surface area (Å²) in [5.41, 5.74) is 2.83. The van der Waals surface area contributed by atoms with Crippen molar-refractivity contribution in [1.29, 1.82) is 0 Å². The Morgan fingerprint density at radius 3 is 2.68 bits per heavy atom. The molecule has 0 fully saturated rings. The third-order valence-electron chi connectivity index (χ3n) is 4.30. The Bertz CT molecular complexity index is 938. The Balaban J connectivity index is 1.67. The highest BCUT2D eigenvalue weighted by atomic mass is 16.5. The molecule has 2 aromatic heterocycles. The van der Waals surface area contributed by atoms with Crippen LogP contribution in [0.2, 0.25) is 0 Å². The zero-order chi connectivity index (χ0) is 20.3. The van der Waals surface area contributed by atoms with Gasteiger partial charge in [-0.2, -0.15) is 5.10 Å². The van der Waals surface area contributed by atoms with E-state index in [2.05, 4.69) is 15.6 Å². The number of ether oxygens (including phenoxy) is 1. The van der Waals surface area contributed by atoms with E-state index >= 15 is 0 Å². The molecule has 28 heavy (non-hydrogen) atoms. The van der Waals surface area contributed by atoms with Crippen molar-refractivity contribution < 1.29 is 14.1 Å². The molecule has 0 aliphatic carbocycles. The maximum atomic E-state index is 12.5.